The first-order valence-corrected chi connectivity index (χ1v) is 11.5. The van der Waals surface area contributed by atoms with Crippen LogP contribution in [-0.4, -0.2) is 81.6 Å². The number of Topliss-reactive ketones (excluding diaryl/α,β-unsaturated/α-hetero) is 1. The van der Waals surface area contributed by atoms with E-state index in [0.717, 1.165) is 0 Å². The first kappa shape index (κ1) is 26.1. The molecule has 36 heavy (non-hydrogen) atoms. The first-order chi connectivity index (χ1) is 17.1. The highest BCUT2D eigenvalue weighted by molar-refractivity contribution is 6.39. The SMILES string of the molecule is O=C(NC[C@H]1CC(=O)c2cccc(-c3c(Cl)cccc3Cl)c2O1)OC1OC(C(=O)O)C(O)C(O)C1O. The second kappa shape index (κ2) is 10.6. The van der Waals surface area contributed by atoms with Crippen molar-refractivity contribution in [2.45, 2.75) is 43.2 Å². The Balaban J connectivity index is 1.45. The van der Waals surface area contributed by atoms with Crippen molar-refractivity contribution in [1.29, 1.82) is 0 Å². The Kier molecular flexibility index (Phi) is 7.69. The van der Waals surface area contributed by atoms with E-state index in [4.69, 9.17) is 42.5 Å². The van der Waals surface area contributed by atoms with Crippen molar-refractivity contribution in [2.75, 3.05) is 6.54 Å². The molecule has 2 aliphatic heterocycles. The number of halogens is 2. The molecule has 6 atom stereocenters. The average molecular weight is 542 g/mol. The van der Waals surface area contributed by atoms with E-state index in [-0.39, 0.29) is 24.5 Å². The second-order valence-corrected chi connectivity index (χ2v) is 8.98. The summed E-state index contributed by atoms with van der Waals surface area (Å²) in [6.07, 6.45) is -11.6. The second-order valence-electron chi connectivity index (χ2n) is 8.17. The molecular weight excluding hydrogens is 521 g/mol. The fraction of sp³-hybridized carbons (Fsp3) is 0.348. The highest BCUT2D eigenvalue weighted by atomic mass is 35.5. The van der Waals surface area contributed by atoms with Gasteiger partial charge < -0.3 is 40.0 Å². The van der Waals surface area contributed by atoms with Crippen LogP contribution in [-0.2, 0) is 14.3 Å². The number of para-hydroxylation sites is 1. The van der Waals surface area contributed by atoms with Crippen LogP contribution in [0.25, 0.3) is 11.1 Å². The van der Waals surface area contributed by atoms with Crippen LogP contribution in [0.15, 0.2) is 36.4 Å². The molecule has 2 aromatic carbocycles. The number of carboxylic acids is 1. The number of carboxylic acid groups (broad SMARTS) is 1. The van der Waals surface area contributed by atoms with Crippen molar-refractivity contribution in [3.05, 3.63) is 52.0 Å². The van der Waals surface area contributed by atoms with Gasteiger partial charge in [-0.2, -0.15) is 0 Å². The lowest BCUT2D eigenvalue weighted by molar-refractivity contribution is -0.278. The zero-order chi connectivity index (χ0) is 26.1. The molecule has 1 amide bonds. The molecule has 2 aromatic rings. The molecule has 2 aliphatic rings. The Bertz CT molecular complexity index is 1170. The van der Waals surface area contributed by atoms with E-state index in [0.29, 0.717) is 26.7 Å². The number of hydrogen-bond acceptors (Lipinski definition) is 9. The largest absolute Gasteiger partial charge is 0.487 e. The third kappa shape index (κ3) is 5.12. The number of aliphatic carboxylic acids is 1. The quantitative estimate of drug-likeness (QED) is 0.374. The molecule has 0 saturated carbocycles. The molecule has 0 aliphatic carbocycles. The van der Waals surface area contributed by atoms with Crippen LogP contribution in [0.2, 0.25) is 10.0 Å². The van der Waals surface area contributed by atoms with Gasteiger partial charge in [0.1, 0.15) is 30.2 Å². The summed E-state index contributed by atoms with van der Waals surface area (Å²) in [4.78, 5) is 36.2. The smallest absolute Gasteiger partial charge is 0.409 e. The molecule has 192 valence electrons. The number of benzene rings is 2. The van der Waals surface area contributed by atoms with Crippen LogP contribution >= 0.6 is 23.2 Å². The number of nitrogens with one attached hydrogen (secondary N) is 1. The number of ether oxygens (including phenoxy) is 3. The third-order valence-electron chi connectivity index (χ3n) is 5.76. The van der Waals surface area contributed by atoms with E-state index in [1.54, 1.807) is 36.4 Å². The Hall–Kier alpha value is -2.93. The number of rotatable bonds is 5. The van der Waals surface area contributed by atoms with Crippen molar-refractivity contribution in [1.82, 2.24) is 5.32 Å². The number of aliphatic hydroxyl groups is 3. The maximum atomic E-state index is 12.8. The highest BCUT2D eigenvalue weighted by Gasteiger charge is 2.48. The molecule has 2 heterocycles. The molecular formula is C23H21Cl2NO10. The zero-order valence-corrected chi connectivity index (χ0v) is 19.8. The average Bonchev–Trinajstić information content (AvgIpc) is 2.83. The van der Waals surface area contributed by atoms with Crippen LogP contribution < -0.4 is 10.1 Å². The lowest BCUT2D eigenvalue weighted by Crippen LogP contribution is -2.61. The Morgan fingerprint density at radius 3 is 2.31 bits per heavy atom. The van der Waals surface area contributed by atoms with Crippen molar-refractivity contribution in [3.63, 3.8) is 0 Å². The van der Waals surface area contributed by atoms with E-state index >= 15 is 0 Å². The maximum absolute atomic E-state index is 12.8. The Morgan fingerprint density at radius 1 is 1.00 bits per heavy atom. The third-order valence-corrected chi connectivity index (χ3v) is 6.39. The monoisotopic (exact) mass is 541 g/mol. The topological polar surface area (TPSA) is 172 Å². The Labute approximate surface area is 214 Å². The lowest BCUT2D eigenvalue weighted by Gasteiger charge is -2.37. The van der Waals surface area contributed by atoms with E-state index in [2.05, 4.69) is 5.32 Å². The molecule has 0 spiro atoms. The fourth-order valence-corrected chi connectivity index (χ4v) is 4.57. The molecule has 1 fully saturated rings. The number of aliphatic hydroxyl groups excluding tert-OH is 3. The van der Waals surface area contributed by atoms with Crippen LogP contribution in [0.4, 0.5) is 4.79 Å². The van der Waals surface area contributed by atoms with Crippen molar-refractivity contribution in [3.8, 4) is 16.9 Å². The van der Waals surface area contributed by atoms with Crippen molar-refractivity contribution in [2.24, 2.45) is 0 Å². The molecule has 1 saturated heterocycles. The van der Waals surface area contributed by atoms with Gasteiger partial charge in [0, 0.05) is 17.5 Å². The molecule has 13 heteroatoms. The number of carbonyl (C=O) groups excluding carboxylic acids is 2. The van der Waals surface area contributed by atoms with E-state index in [1.807, 2.05) is 0 Å². The first-order valence-electron chi connectivity index (χ1n) is 10.7. The van der Waals surface area contributed by atoms with Crippen LogP contribution in [0, 0.1) is 0 Å². The van der Waals surface area contributed by atoms with E-state index in [9.17, 15) is 29.7 Å². The molecule has 0 radical (unpaired) electrons. The summed E-state index contributed by atoms with van der Waals surface area (Å²) in [7, 11) is 0. The zero-order valence-electron chi connectivity index (χ0n) is 18.3. The van der Waals surface area contributed by atoms with Gasteiger partial charge in [-0.05, 0) is 18.2 Å². The van der Waals surface area contributed by atoms with Gasteiger partial charge in [0.05, 0.1) is 22.2 Å². The van der Waals surface area contributed by atoms with Gasteiger partial charge in [-0.25, -0.2) is 9.59 Å². The summed E-state index contributed by atoms with van der Waals surface area (Å²) in [5, 5.41) is 41.7. The number of alkyl carbamates (subject to hydrolysis) is 1. The van der Waals surface area contributed by atoms with E-state index < -0.39 is 48.9 Å². The number of hydrogen-bond donors (Lipinski definition) is 5. The number of carbonyl (C=O) groups is 3. The van der Waals surface area contributed by atoms with Gasteiger partial charge in [-0.15, -0.1) is 0 Å². The number of amides is 1. The van der Waals surface area contributed by atoms with Gasteiger partial charge in [0.2, 0.25) is 6.29 Å². The van der Waals surface area contributed by atoms with Gasteiger partial charge in [0.25, 0.3) is 0 Å². The summed E-state index contributed by atoms with van der Waals surface area (Å²) < 4.78 is 15.8. The standard InChI is InChI=1S/C23H21Cl2NO10/c24-12-5-2-6-13(25)15(12)11-4-1-3-10-14(27)7-9(34-19(10)11)8-26-23(33)36-22-18(30)16(28)17(29)20(35-22)21(31)32/h1-6,9,16-18,20,22,28-30H,7-8H2,(H,26,33)(H,31,32)/t9-,16?,17?,18?,20?,22?/m1/s1. The summed E-state index contributed by atoms with van der Waals surface area (Å²) in [5.41, 5.74) is 1.30. The van der Waals surface area contributed by atoms with Gasteiger partial charge >= 0.3 is 12.1 Å². The number of fused-ring (bicyclic) bond motifs is 1. The summed E-state index contributed by atoms with van der Waals surface area (Å²) in [6, 6.07) is 9.95. The van der Waals surface area contributed by atoms with Crippen molar-refractivity contribution < 1.29 is 49.0 Å². The van der Waals surface area contributed by atoms with Gasteiger partial charge in [-0.3, -0.25) is 4.79 Å². The van der Waals surface area contributed by atoms with Crippen LogP contribution in [0.5, 0.6) is 5.75 Å². The van der Waals surface area contributed by atoms with Crippen LogP contribution in [0.3, 0.4) is 0 Å². The predicted octanol–water partition coefficient (Wildman–Crippen LogP) is 1.61. The minimum Gasteiger partial charge on any atom is -0.487 e. The van der Waals surface area contributed by atoms with Crippen molar-refractivity contribution >= 4 is 41.0 Å². The Morgan fingerprint density at radius 2 is 1.64 bits per heavy atom. The maximum Gasteiger partial charge on any atom is 0.409 e. The number of ketones is 1. The fourth-order valence-electron chi connectivity index (χ4n) is 3.97. The molecule has 4 rings (SSSR count). The molecule has 5 N–H and O–H groups in total. The van der Waals surface area contributed by atoms with E-state index in [1.165, 1.54) is 0 Å². The molecule has 11 nitrogen and oxygen atoms in total. The molecule has 0 bridgehead atoms. The summed E-state index contributed by atoms with van der Waals surface area (Å²) in [6.45, 7) is -0.203. The lowest BCUT2D eigenvalue weighted by atomic mass is 9.94. The minimum atomic E-state index is -1.93. The molecule has 0 aromatic heterocycles. The molecule has 5 unspecified atom stereocenters. The minimum absolute atomic E-state index is 0.0679. The summed E-state index contributed by atoms with van der Waals surface area (Å²) >= 11 is 12.7. The summed E-state index contributed by atoms with van der Waals surface area (Å²) in [5.74, 6) is -1.62. The van der Waals surface area contributed by atoms with Gasteiger partial charge in [-0.1, -0.05) is 41.4 Å². The predicted molar refractivity (Wildman–Crippen MR) is 124 cm³/mol. The van der Waals surface area contributed by atoms with Crippen LogP contribution in [0.1, 0.15) is 16.8 Å². The highest BCUT2D eigenvalue weighted by Crippen LogP contribution is 2.43. The normalized spacial score (nSPS) is 27.5. The van der Waals surface area contributed by atoms with Gasteiger partial charge in [0.15, 0.2) is 11.9 Å².